The molecule has 1 heterocycles. The number of primary amides is 1. The van der Waals surface area contributed by atoms with E-state index in [9.17, 15) is 4.79 Å². The maximum absolute atomic E-state index is 11.8. The van der Waals surface area contributed by atoms with E-state index in [4.69, 9.17) is 5.73 Å². The normalized spacial score (nSPS) is 10.6. The van der Waals surface area contributed by atoms with Gasteiger partial charge in [-0.3, -0.25) is 4.79 Å². The summed E-state index contributed by atoms with van der Waals surface area (Å²) in [6.45, 7) is 3.96. The number of hydrogen-bond acceptors (Lipinski definition) is 3. The van der Waals surface area contributed by atoms with Crippen molar-refractivity contribution < 1.29 is 4.79 Å². The van der Waals surface area contributed by atoms with Crippen LogP contribution in [0.15, 0.2) is 54.6 Å². The molecule has 0 aliphatic rings. The number of thiophene rings is 1. The first kappa shape index (κ1) is 16.3. The molecule has 0 unspecified atom stereocenters. The zero-order chi connectivity index (χ0) is 17.3. The second-order valence-electron chi connectivity index (χ2n) is 5.77. The highest BCUT2D eigenvalue weighted by Gasteiger charge is 2.21. The van der Waals surface area contributed by atoms with Crippen LogP contribution in [0.25, 0.3) is 11.1 Å². The van der Waals surface area contributed by atoms with Gasteiger partial charge in [0.25, 0.3) is 5.91 Å². The van der Waals surface area contributed by atoms with Gasteiger partial charge in [-0.1, -0.05) is 42.5 Å². The Kier molecular flexibility index (Phi) is 4.40. The minimum Gasteiger partial charge on any atom is -0.365 e. The lowest BCUT2D eigenvalue weighted by Gasteiger charge is -2.21. The fourth-order valence-corrected chi connectivity index (χ4v) is 4.10. The van der Waals surface area contributed by atoms with E-state index in [2.05, 4.69) is 36.4 Å². The van der Waals surface area contributed by atoms with Crippen molar-refractivity contribution in [1.29, 1.82) is 0 Å². The van der Waals surface area contributed by atoms with Gasteiger partial charge in [-0.25, -0.2) is 0 Å². The van der Waals surface area contributed by atoms with Crippen LogP contribution in [0.2, 0.25) is 0 Å². The summed E-state index contributed by atoms with van der Waals surface area (Å²) in [6.07, 6.45) is 0. The lowest BCUT2D eigenvalue weighted by molar-refractivity contribution is 0.100. The van der Waals surface area contributed by atoms with Crippen LogP contribution in [0.5, 0.6) is 0 Å². The number of carbonyl (C=O) groups excluding carboxylic acids is 1. The van der Waals surface area contributed by atoms with Crippen molar-refractivity contribution in [1.82, 2.24) is 0 Å². The van der Waals surface area contributed by atoms with Crippen LogP contribution in [0.3, 0.4) is 0 Å². The molecular formula is C20H20N2OS. The molecule has 1 aromatic heterocycles. The van der Waals surface area contributed by atoms with Crippen molar-refractivity contribution in [3.63, 3.8) is 0 Å². The molecule has 0 saturated heterocycles. The fourth-order valence-electron chi connectivity index (χ4n) is 3.00. The summed E-state index contributed by atoms with van der Waals surface area (Å²) < 4.78 is 0. The molecule has 0 fully saturated rings. The third-order valence-corrected chi connectivity index (χ3v) is 5.18. The molecule has 3 rings (SSSR count). The monoisotopic (exact) mass is 336 g/mol. The largest absolute Gasteiger partial charge is 0.365 e. The van der Waals surface area contributed by atoms with Gasteiger partial charge in [0.05, 0.1) is 11.3 Å². The van der Waals surface area contributed by atoms with Crippen LogP contribution in [0.1, 0.15) is 20.1 Å². The van der Waals surface area contributed by atoms with Crippen LogP contribution < -0.4 is 10.6 Å². The van der Waals surface area contributed by atoms with Gasteiger partial charge < -0.3 is 10.6 Å². The quantitative estimate of drug-likeness (QED) is 0.736. The van der Waals surface area contributed by atoms with E-state index in [0.29, 0.717) is 5.56 Å². The zero-order valence-corrected chi connectivity index (χ0v) is 14.9. The predicted molar refractivity (Wildman–Crippen MR) is 102 cm³/mol. The Bertz CT molecular complexity index is 867. The van der Waals surface area contributed by atoms with Crippen molar-refractivity contribution in [2.45, 2.75) is 13.8 Å². The summed E-state index contributed by atoms with van der Waals surface area (Å²) in [7, 11) is 1.97. The molecule has 3 nitrogen and oxygen atoms in total. The van der Waals surface area contributed by atoms with E-state index in [1.807, 2.05) is 44.0 Å². The first-order valence-electron chi connectivity index (χ1n) is 7.78. The van der Waals surface area contributed by atoms with E-state index >= 15 is 0 Å². The summed E-state index contributed by atoms with van der Waals surface area (Å²) in [5.41, 5.74) is 10.5. The van der Waals surface area contributed by atoms with Crippen molar-refractivity contribution in [3.8, 4) is 11.1 Å². The number of aryl methyl sites for hydroxylation is 2. The van der Waals surface area contributed by atoms with Crippen molar-refractivity contribution in [3.05, 3.63) is 69.9 Å². The molecule has 4 heteroatoms. The molecule has 0 aliphatic heterocycles. The van der Waals surface area contributed by atoms with Crippen LogP contribution in [0.4, 0.5) is 11.4 Å². The third kappa shape index (κ3) is 2.93. The van der Waals surface area contributed by atoms with E-state index in [1.165, 1.54) is 11.1 Å². The molecule has 122 valence electrons. The molecule has 0 bridgehead atoms. The molecule has 2 N–H and O–H groups in total. The Hall–Kier alpha value is -2.59. The standard InChI is InChI=1S/C20H20N2OS/c1-13-18(20(21)23)19(14(2)24-13)22(3)17-11-9-16(10-12-17)15-7-5-4-6-8-15/h4-12H,1-3H3,(H2,21,23). The molecule has 0 saturated carbocycles. The SMILES string of the molecule is Cc1sc(C)c(N(C)c2ccc(-c3ccccc3)cc2)c1C(N)=O. The number of anilines is 2. The fraction of sp³-hybridized carbons (Fsp3) is 0.150. The van der Waals surface area contributed by atoms with E-state index < -0.39 is 0 Å². The molecular weight excluding hydrogens is 316 g/mol. The highest BCUT2D eigenvalue weighted by atomic mass is 32.1. The van der Waals surface area contributed by atoms with Gasteiger partial charge in [-0.2, -0.15) is 0 Å². The highest BCUT2D eigenvalue weighted by Crippen LogP contribution is 2.38. The first-order chi connectivity index (χ1) is 11.5. The second-order valence-corrected chi connectivity index (χ2v) is 7.20. The Morgan fingerprint density at radius 3 is 2.08 bits per heavy atom. The maximum atomic E-state index is 11.8. The first-order valence-corrected chi connectivity index (χ1v) is 8.59. The Morgan fingerprint density at radius 2 is 1.50 bits per heavy atom. The molecule has 24 heavy (non-hydrogen) atoms. The molecule has 3 aromatic rings. The van der Waals surface area contributed by atoms with Crippen LogP contribution >= 0.6 is 11.3 Å². The van der Waals surface area contributed by atoms with Gasteiger partial charge >= 0.3 is 0 Å². The Balaban J connectivity index is 1.97. The molecule has 1 amide bonds. The number of rotatable bonds is 4. The van der Waals surface area contributed by atoms with Crippen molar-refractivity contribution in [2.24, 2.45) is 5.73 Å². The summed E-state index contributed by atoms with van der Waals surface area (Å²) in [5, 5.41) is 0. The van der Waals surface area contributed by atoms with Gasteiger partial charge in [0, 0.05) is 22.5 Å². The van der Waals surface area contributed by atoms with Crippen molar-refractivity contribution >= 4 is 28.6 Å². The van der Waals surface area contributed by atoms with E-state index in [1.54, 1.807) is 11.3 Å². The van der Waals surface area contributed by atoms with Crippen LogP contribution in [0, 0.1) is 13.8 Å². The summed E-state index contributed by atoms with van der Waals surface area (Å²) in [4.78, 5) is 15.9. The number of nitrogens with zero attached hydrogens (tertiary/aromatic N) is 1. The number of amides is 1. The number of nitrogens with two attached hydrogens (primary N) is 1. The molecule has 0 spiro atoms. The Labute approximate surface area is 146 Å². The van der Waals surface area contributed by atoms with Crippen LogP contribution in [-0.4, -0.2) is 13.0 Å². The van der Waals surface area contributed by atoms with Gasteiger partial charge in [0.1, 0.15) is 0 Å². The molecule has 0 atom stereocenters. The summed E-state index contributed by atoms with van der Waals surface area (Å²) >= 11 is 1.60. The second kappa shape index (κ2) is 6.49. The third-order valence-electron chi connectivity index (χ3n) is 4.17. The van der Waals surface area contributed by atoms with Gasteiger partial charge in [-0.15, -0.1) is 11.3 Å². The van der Waals surface area contributed by atoms with E-state index in [-0.39, 0.29) is 5.91 Å². The highest BCUT2D eigenvalue weighted by molar-refractivity contribution is 7.12. The molecule has 2 aromatic carbocycles. The Morgan fingerprint density at radius 1 is 0.917 bits per heavy atom. The average Bonchev–Trinajstić information content (AvgIpc) is 2.89. The number of benzene rings is 2. The minimum absolute atomic E-state index is 0.375. The lowest BCUT2D eigenvalue weighted by Crippen LogP contribution is -2.18. The molecule has 0 aliphatic carbocycles. The van der Waals surface area contributed by atoms with Gasteiger partial charge in [0.2, 0.25) is 0 Å². The van der Waals surface area contributed by atoms with Crippen LogP contribution in [-0.2, 0) is 0 Å². The van der Waals surface area contributed by atoms with Gasteiger partial charge in [0.15, 0.2) is 0 Å². The van der Waals surface area contributed by atoms with E-state index in [0.717, 1.165) is 21.1 Å². The molecule has 0 radical (unpaired) electrons. The predicted octanol–water partition coefficient (Wildman–Crippen LogP) is 4.90. The summed E-state index contributed by atoms with van der Waals surface area (Å²) in [6, 6.07) is 18.6. The zero-order valence-electron chi connectivity index (χ0n) is 14.0. The number of carbonyl (C=O) groups is 1. The number of hydrogen-bond donors (Lipinski definition) is 1. The van der Waals surface area contributed by atoms with Crippen molar-refractivity contribution in [2.75, 3.05) is 11.9 Å². The average molecular weight is 336 g/mol. The minimum atomic E-state index is -0.375. The topological polar surface area (TPSA) is 46.3 Å². The van der Waals surface area contributed by atoms with Gasteiger partial charge in [-0.05, 0) is 37.1 Å². The lowest BCUT2D eigenvalue weighted by atomic mass is 10.1. The smallest absolute Gasteiger partial charge is 0.251 e. The summed E-state index contributed by atoms with van der Waals surface area (Å²) in [5.74, 6) is -0.375. The maximum Gasteiger partial charge on any atom is 0.251 e.